The molecule has 0 N–H and O–H groups in total. The molecule has 2 aromatic rings. The Kier molecular flexibility index (Phi) is 3.59. The largest absolute Gasteiger partial charge is 0.444 e. The number of carbonyl (C=O) groups is 1. The van der Waals surface area contributed by atoms with Crippen molar-refractivity contribution in [3.05, 3.63) is 30.0 Å². The second-order valence-corrected chi connectivity index (χ2v) is 6.96. The molecule has 1 aromatic heterocycles. The van der Waals surface area contributed by atoms with Gasteiger partial charge in [-0.25, -0.2) is 4.79 Å². The van der Waals surface area contributed by atoms with E-state index >= 15 is 0 Å². The van der Waals surface area contributed by atoms with Gasteiger partial charge in [0.25, 0.3) is 0 Å². The van der Waals surface area contributed by atoms with E-state index in [-0.39, 0.29) is 6.09 Å². The van der Waals surface area contributed by atoms with Crippen LogP contribution in [0.5, 0.6) is 0 Å². The summed E-state index contributed by atoms with van der Waals surface area (Å²) < 4.78 is 7.36. The smallest absolute Gasteiger partial charge is 0.410 e. The molecule has 1 amide bonds. The van der Waals surface area contributed by atoms with Gasteiger partial charge in [0.2, 0.25) is 0 Å². The number of aryl methyl sites for hydroxylation is 1. The first kappa shape index (κ1) is 14.9. The zero-order valence-corrected chi connectivity index (χ0v) is 13.7. The minimum Gasteiger partial charge on any atom is -0.444 e. The average molecular weight is 301 g/mol. The van der Waals surface area contributed by atoms with Crippen molar-refractivity contribution in [2.45, 2.75) is 38.7 Å². The molecule has 1 fully saturated rings. The van der Waals surface area contributed by atoms with E-state index in [4.69, 9.17) is 4.74 Å². The van der Waals surface area contributed by atoms with Gasteiger partial charge >= 0.3 is 6.09 Å². The molecular weight excluding hydrogens is 278 g/mol. The molecule has 1 atom stereocenters. The van der Waals surface area contributed by atoms with E-state index < -0.39 is 5.60 Å². The van der Waals surface area contributed by atoms with E-state index in [1.807, 2.05) is 43.6 Å². The monoisotopic (exact) mass is 301 g/mol. The molecule has 1 unspecified atom stereocenters. The summed E-state index contributed by atoms with van der Waals surface area (Å²) in [6.45, 7) is 7.15. The predicted octanol–water partition coefficient (Wildman–Crippen LogP) is 3.30. The number of rotatable bonds is 1. The van der Waals surface area contributed by atoms with Crippen LogP contribution in [0, 0.1) is 0 Å². The van der Waals surface area contributed by atoms with Crippen LogP contribution in [0.15, 0.2) is 24.4 Å². The molecule has 0 bridgehead atoms. The van der Waals surface area contributed by atoms with Crippen LogP contribution < -0.4 is 0 Å². The second kappa shape index (κ2) is 5.30. The molecule has 22 heavy (non-hydrogen) atoms. The van der Waals surface area contributed by atoms with E-state index in [0.29, 0.717) is 12.5 Å². The lowest BCUT2D eigenvalue weighted by Gasteiger charge is -2.24. The first-order chi connectivity index (χ1) is 10.3. The van der Waals surface area contributed by atoms with Gasteiger partial charge in [0, 0.05) is 31.4 Å². The highest BCUT2D eigenvalue weighted by Gasteiger charge is 2.31. The van der Waals surface area contributed by atoms with Gasteiger partial charge in [-0.3, -0.25) is 4.68 Å². The molecule has 0 saturated carbocycles. The number of ether oxygens (including phenoxy) is 1. The maximum absolute atomic E-state index is 12.2. The van der Waals surface area contributed by atoms with Crippen LogP contribution >= 0.6 is 0 Å². The minimum atomic E-state index is -0.446. The zero-order chi connectivity index (χ0) is 15.9. The summed E-state index contributed by atoms with van der Waals surface area (Å²) in [5.74, 6) is 0.348. The highest BCUT2D eigenvalue weighted by atomic mass is 16.6. The molecule has 1 aliphatic rings. The third kappa shape index (κ3) is 2.80. The summed E-state index contributed by atoms with van der Waals surface area (Å²) >= 11 is 0. The molecule has 118 valence electrons. The van der Waals surface area contributed by atoms with Crippen molar-refractivity contribution < 1.29 is 9.53 Å². The fourth-order valence-corrected chi connectivity index (χ4v) is 3.06. The third-order valence-electron chi connectivity index (χ3n) is 4.11. The fourth-order valence-electron chi connectivity index (χ4n) is 3.06. The Morgan fingerprint density at radius 2 is 2.14 bits per heavy atom. The molecule has 5 nitrogen and oxygen atoms in total. The molecule has 1 aromatic carbocycles. The van der Waals surface area contributed by atoms with Crippen LogP contribution in [0.4, 0.5) is 4.79 Å². The molecular formula is C17H23N3O2. The Morgan fingerprint density at radius 1 is 1.36 bits per heavy atom. The van der Waals surface area contributed by atoms with Crippen molar-refractivity contribution >= 4 is 17.0 Å². The van der Waals surface area contributed by atoms with Gasteiger partial charge in [0.1, 0.15) is 5.60 Å². The molecule has 0 radical (unpaired) electrons. The Balaban J connectivity index is 1.78. The Labute approximate surface area is 130 Å². The minimum absolute atomic E-state index is 0.214. The molecule has 5 heteroatoms. The van der Waals surface area contributed by atoms with Gasteiger partial charge < -0.3 is 9.64 Å². The molecule has 0 aliphatic carbocycles. The molecule has 0 spiro atoms. The first-order valence-electron chi connectivity index (χ1n) is 7.74. The van der Waals surface area contributed by atoms with Crippen molar-refractivity contribution in [2.24, 2.45) is 7.05 Å². The third-order valence-corrected chi connectivity index (χ3v) is 4.11. The maximum atomic E-state index is 12.2. The Bertz CT molecular complexity index is 699. The number of amides is 1. The van der Waals surface area contributed by atoms with E-state index in [0.717, 1.165) is 18.5 Å². The average Bonchev–Trinajstić information content (AvgIpc) is 3.04. The molecule has 3 rings (SSSR count). The highest BCUT2D eigenvalue weighted by molar-refractivity contribution is 5.83. The number of aromatic nitrogens is 2. The van der Waals surface area contributed by atoms with E-state index in [1.165, 1.54) is 10.9 Å². The summed E-state index contributed by atoms with van der Waals surface area (Å²) in [7, 11) is 1.95. The van der Waals surface area contributed by atoms with Crippen molar-refractivity contribution in [1.82, 2.24) is 14.7 Å². The number of fused-ring (bicyclic) bond motifs is 1. The Hall–Kier alpha value is -2.04. The van der Waals surface area contributed by atoms with Crippen LogP contribution in [0.1, 0.15) is 38.7 Å². The van der Waals surface area contributed by atoms with Crippen molar-refractivity contribution in [3.63, 3.8) is 0 Å². The second-order valence-electron chi connectivity index (χ2n) is 6.96. The van der Waals surface area contributed by atoms with Crippen molar-refractivity contribution in [3.8, 4) is 0 Å². The summed E-state index contributed by atoms with van der Waals surface area (Å²) in [6, 6.07) is 6.29. The summed E-state index contributed by atoms with van der Waals surface area (Å²) in [5, 5.41) is 5.52. The Morgan fingerprint density at radius 3 is 2.86 bits per heavy atom. The van der Waals surface area contributed by atoms with Gasteiger partial charge in [-0.05, 0) is 38.8 Å². The van der Waals surface area contributed by atoms with Crippen molar-refractivity contribution in [1.29, 1.82) is 0 Å². The SMILES string of the molecule is Cn1ncc2c(C3CCN(C(=O)OC(C)(C)C)C3)cccc21. The quantitative estimate of drug-likeness (QED) is 0.812. The number of carbonyl (C=O) groups excluding carboxylic acids is 1. The normalized spacial score (nSPS) is 18.9. The van der Waals surface area contributed by atoms with Gasteiger partial charge in [0.05, 0.1) is 11.7 Å². The summed E-state index contributed by atoms with van der Waals surface area (Å²) in [5.41, 5.74) is 1.96. The maximum Gasteiger partial charge on any atom is 0.410 e. The fraction of sp³-hybridized carbons (Fsp3) is 0.529. The van der Waals surface area contributed by atoms with Crippen LogP contribution in [-0.4, -0.2) is 39.5 Å². The number of nitrogens with zero attached hydrogens (tertiary/aromatic N) is 3. The van der Waals surface area contributed by atoms with Crippen molar-refractivity contribution in [2.75, 3.05) is 13.1 Å². The number of hydrogen-bond donors (Lipinski definition) is 0. The lowest BCUT2D eigenvalue weighted by atomic mass is 9.95. The van der Waals surface area contributed by atoms with Crippen LogP contribution in [-0.2, 0) is 11.8 Å². The number of hydrogen-bond acceptors (Lipinski definition) is 3. The standard InChI is InChI=1S/C17H23N3O2/c1-17(2,3)22-16(21)20-9-8-12(11-20)13-6-5-7-15-14(13)10-18-19(15)4/h5-7,10,12H,8-9,11H2,1-4H3. The number of benzene rings is 1. The predicted molar refractivity (Wildman–Crippen MR) is 85.9 cm³/mol. The van der Waals surface area contributed by atoms with E-state index in [1.54, 1.807) is 0 Å². The lowest BCUT2D eigenvalue weighted by Crippen LogP contribution is -2.35. The molecule has 1 saturated heterocycles. The van der Waals surface area contributed by atoms with Crippen LogP contribution in [0.3, 0.4) is 0 Å². The van der Waals surface area contributed by atoms with Gasteiger partial charge in [-0.2, -0.15) is 5.10 Å². The van der Waals surface area contributed by atoms with Gasteiger partial charge in [0.15, 0.2) is 0 Å². The topological polar surface area (TPSA) is 47.4 Å². The van der Waals surface area contributed by atoms with E-state index in [9.17, 15) is 4.79 Å². The van der Waals surface area contributed by atoms with E-state index in [2.05, 4.69) is 23.3 Å². The summed E-state index contributed by atoms with van der Waals surface area (Å²) in [6.07, 6.45) is 2.67. The van der Waals surface area contributed by atoms with Gasteiger partial charge in [-0.1, -0.05) is 12.1 Å². The number of likely N-dealkylation sites (tertiary alicyclic amines) is 1. The molecule has 1 aliphatic heterocycles. The van der Waals surface area contributed by atoms with Crippen LogP contribution in [0.2, 0.25) is 0 Å². The molecule has 2 heterocycles. The lowest BCUT2D eigenvalue weighted by molar-refractivity contribution is 0.0292. The highest BCUT2D eigenvalue weighted by Crippen LogP contribution is 2.32. The summed E-state index contributed by atoms with van der Waals surface area (Å²) in [4.78, 5) is 14.0. The van der Waals surface area contributed by atoms with Crippen LogP contribution in [0.25, 0.3) is 10.9 Å². The zero-order valence-electron chi connectivity index (χ0n) is 13.7. The first-order valence-corrected chi connectivity index (χ1v) is 7.74. The van der Waals surface area contributed by atoms with Gasteiger partial charge in [-0.15, -0.1) is 0 Å².